The number of halogens is 3. The highest BCUT2D eigenvalue weighted by Crippen LogP contribution is 2.30. The van der Waals surface area contributed by atoms with E-state index in [4.69, 9.17) is 0 Å². The fourth-order valence-electron chi connectivity index (χ4n) is 4.70. The Balaban J connectivity index is 1.42. The number of carbonyl (C=O) groups excluding carboxylic acids is 1. The maximum Gasteiger partial charge on any atom is 0.261 e. The Morgan fingerprint density at radius 3 is 2.63 bits per heavy atom. The number of carbonyl (C=O) groups is 1. The van der Waals surface area contributed by atoms with Gasteiger partial charge in [0.15, 0.2) is 11.6 Å². The Labute approximate surface area is 216 Å². The Morgan fingerprint density at radius 1 is 1.11 bits per heavy atom. The summed E-state index contributed by atoms with van der Waals surface area (Å²) in [7, 11) is 3.91. The van der Waals surface area contributed by atoms with Gasteiger partial charge >= 0.3 is 0 Å². The SMILES string of the molecule is C[C@@H](Cc1cc(F)c(F)cc1F)Nc1cc[nH]c(=O)c1-c1nc2cc3c(cc2[nH]1)CN(CCN(C)C)C3=O. The third-order valence-corrected chi connectivity index (χ3v) is 6.62. The first-order valence-electron chi connectivity index (χ1n) is 12.2. The number of aromatic amines is 2. The largest absolute Gasteiger partial charge is 0.381 e. The Kier molecular flexibility index (Phi) is 6.70. The molecule has 0 saturated carbocycles. The van der Waals surface area contributed by atoms with Crippen molar-refractivity contribution in [3.8, 4) is 11.4 Å². The van der Waals surface area contributed by atoms with Gasteiger partial charge in [0.25, 0.3) is 11.5 Å². The summed E-state index contributed by atoms with van der Waals surface area (Å²) in [6.45, 7) is 3.62. The number of pyridine rings is 1. The highest BCUT2D eigenvalue weighted by atomic mass is 19.2. The first-order valence-corrected chi connectivity index (χ1v) is 12.2. The Morgan fingerprint density at radius 2 is 1.87 bits per heavy atom. The fourth-order valence-corrected chi connectivity index (χ4v) is 4.70. The van der Waals surface area contributed by atoms with Gasteiger partial charge in [-0.1, -0.05) is 0 Å². The molecule has 1 atom stereocenters. The number of amides is 1. The molecule has 0 unspecified atom stereocenters. The summed E-state index contributed by atoms with van der Waals surface area (Å²) in [4.78, 5) is 40.0. The van der Waals surface area contributed by atoms with Gasteiger partial charge in [0.05, 0.1) is 16.7 Å². The lowest BCUT2D eigenvalue weighted by atomic mass is 10.1. The number of nitrogens with zero attached hydrogens (tertiary/aromatic N) is 3. The zero-order chi connectivity index (χ0) is 27.1. The number of nitrogens with one attached hydrogen (secondary N) is 3. The lowest BCUT2D eigenvalue weighted by Gasteiger charge is -2.18. The molecule has 4 aromatic rings. The molecular formula is C27H27F3N6O2. The second kappa shape index (κ2) is 9.97. The molecule has 2 aromatic carbocycles. The van der Waals surface area contributed by atoms with Crippen molar-refractivity contribution in [3.05, 3.63) is 81.0 Å². The van der Waals surface area contributed by atoms with Crippen molar-refractivity contribution in [2.75, 3.05) is 32.5 Å². The molecule has 3 N–H and O–H groups in total. The first-order chi connectivity index (χ1) is 18.1. The van der Waals surface area contributed by atoms with E-state index in [1.165, 1.54) is 6.20 Å². The van der Waals surface area contributed by atoms with E-state index in [2.05, 4.69) is 20.3 Å². The number of imidazole rings is 1. The second-order valence-electron chi connectivity index (χ2n) is 9.84. The van der Waals surface area contributed by atoms with Crippen LogP contribution in [0.2, 0.25) is 0 Å². The standard InChI is InChI=1S/C27H27F3N6O2/c1-14(8-15-9-19(29)20(30)12-18(15)28)32-21-4-5-31-26(37)24(21)25-33-22-10-16-13-36(7-6-35(2)3)27(38)17(16)11-23(22)34-25/h4-5,9-12,14H,6-8,13H2,1-3H3,(H,33,34)(H2,31,32,37)/t14-/m0/s1. The van der Waals surface area contributed by atoms with E-state index >= 15 is 0 Å². The molecule has 0 radical (unpaired) electrons. The molecule has 0 bridgehead atoms. The maximum absolute atomic E-state index is 14.2. The summed E-state index contributed by atoms with van der Waals surface area (Å²) in [5.74, 6) is -2.96. The van der Waals surface area contributed by atoms with Crippen LogP contribution in [0.5, 0.6) is 0 Å². The van der Waals surface area contributed by atoms with Crippen LogP contribution < -0.4 is 10.9 Å². The highest BCUT2D eigenvalue weighted by molar-refractivity contribution is 6.02. The number of hydrogen-bond acceptors (Lipinski definition) is 5. The average molecular weight is 525 g/mol. The molecule has 11 heteroatoms. The molecule has 1 amide bonds. The van der Waals surface area contributed by atoms with Gasteiger partial charge in [0.2, 0.25) is 0 Å². The Hall–Kier alpha value is -4.12. The fraction of sp³-hybridized carbons (Fsp3) is 0.296. The lowest BCUT2D eigenvalue weighted by Crippen LogP contribution is -2.31. The molecule has 198 valence electrons. The number of benzene rings is 2. The van der Waals surface area contributed by atoms with Gasteiger partial charge in [-0.25, -0.2) is 18.2 Å². The van der Waals surface area contributed by atoms with Crippen LogP contribution in [0.1, 0.15) is 28.4 Å². The maximum atomic E-state index is 14.2. The van der Waals surface area contributed by atoms with E-state index in [9.17, 15) is 22.8 Å². The van der Waals surface area contributed by atoms with E-state index in [0.29, 0.717) is 47.3 Å². The van der Waals surface area contributed by atoms with E-state index in [1.54, 1.807) is 24.0 Å². The van der Waals surface area contributed by atoms with Crippen molar-refractivity contribution >= 4 is 22.6 Å². The monoisotopic (exact) mass is 524 g/mol. The number of H-pyrrole nitrogens is 2. The summed E-state index contributed by atoms with van der Waals surface area (Å²) in [5.41, 5.74) is 2.99. The van der Waals surface area contributed by atoms with E-state index < -0.39 is 29.1 Å². The highest BCUT2D eigenvalue weighted by Gasteiger charge is 2.28. The Bertz CT molecular complexity index is 1600. The van der Waals surface area contributed by atoms with Crippen LogP contribution in [-0.4, -0.2) is 63.9 Å². The molecule has 5 rings (SSSR count). The van der Waals surface area contributed by atoms with Crippen LogP contribution in [0.15, 0.2) is 41.3 Å². The van der Waals surface area contributed by atoms with E-state index in [1.807, 2.05) is 25.1 Å². The van der Waals surface area contributed by atoms with Gasteiger partial charge in [-0.05, 0) is 62.8 Å². The molecule has 0 aliphatic carbocycles. The summed E-state index contributed by atoms with van der Waals surface area (Å²) in [5, 5.41) is 3.16. The number of fused-ring (bicyclic) bond motifs is 2. The topological polar surface area (TPSA) is 97.1 Å². The molecular weight excluding hydrogens is 497 g/mol. The van der Waals surface area contributed by atoms with Crippen molar-refractivity contribution in [1.82, 2.24) is 24.8 Å². The van der Waals surface area contributed by atoms with Gasteiger partial charge < -0.3 is 25.1 Å². The molecule has 0 fully saturated rings. The number of likely N-dealkylation sites (N-methyl/N-ethyl adjacent to an activating group) is 1. The smallest absolute Gasteiger partial charge is 0.261 e. The van der Waals surface area contributed by atoms with Gasteiger partial charge in [0, 0.05) is 43.5 Å². The van der Waals surface area contributed by atoms with Crippen molar-refractivity contribution in [2.45, 2.75) is 25.9 Å². The van der Waals surface area contributed by atoms with Crippen LogP contribution in [0.3, 0.4) is 0 Å². The number of rotatable bonds is 8. The summed E-state index contributed by atoms with van der Waals surface area (Å²) < 4.78 is 41.1. The van der Waals surface area contributed by atoms with Gasteiger partial charge in [-0.2, -0.15) is 0 Å². The number of aromatic nitrogens is 3. The third-order valence-electron chi connectivity index (χ3n) is 6.62. The van der Waals surface area contributed by atoms with Crippen molar-refractivity contribution < 1.29 is 18.0 Å². The molecule has 8 nitrogen and oxygen atoms in total. The summed E-state index contributed by atoms with van der Waals surface area (Å²) in [6.07, 6.45) is 1.52. The zero-order valence-electron chi connectivity index (χ0n) is 21.2. The lowest BCUT2D eigenvalue weighted by molar-refractivity contribution is 0.0768. The van der Waals surface area contributed by atoms with Crippen LogP contribution >= 0.6 is 0 Å². The average Bonchev–Trinajstić information content (AvgIpc) is 3.39. The first kappa shape index (κ1) is 25.5. The number of anilines is 1. The number of hydrogen-bond donors (Lipinski definition) is 3. The normalized spacial score (nSPS) is 14.0. The molecule has 1 aliphatic rings. The molecule has 1 aliphatic heterocycles. The van der Waals surface area contributed by atoms with Crippen molar-refractivity contribution in [1.29, 1.82) is 0 Å². The molecule has 2 aromatic heterocycles. The van der Waals surface area contributed by atoms with E-state index in [-0.39, 0.29) is 23.5 Å². The van der Waals surface area contributed by atoms with Gasteiger partial charge in [-0.15, -0.1) is 0 Å². The molecule has 0 saturated heterocycles. The van der Waals surface area contributed by atoms with Gasteiger partial charge in [0.1, 0.15) is 17.2 Å². The van der Waals surface area contributed by atoms with Gasteiger partial charge in [-0.3, -0.25) is 9.59 Å². The third kappa shape index (κ3) is 4.89. The van der Waals surface area contributed by atoms with Crippen molar-refractivity contribution in [2.24, 2.45) is 0 Å². The molecule has 38 heavy (non-hydrogen) atoms. The predicted octanol–water partition coefficient (Wildman–Crippen LogP) is 3.90. The van der Waals surface area contributed by atoms with Crippen LogP contribution in [-0.2, 0) is 13.0 Å². The summed E-state index contributed by atoms with van der Waals surface area (Å²) >= 11 is 0. The summed E-state index contributed by atoms with van der Waals surface area (Å²) in [6, 6.07) is 6.19. The van der Waals surface area contributed by atoms with Crippen molar-refractivity contribution in [3.63, 3.8) is 0 Å². The van der Waals surface area contributed by atoms with Crippen LogP contribution in [0.25, 0.3) is 22.4 Å². The minimum atomic E-state index is -1.25. The zero-order valence-corrected chi connectivity index (χ0v) is 21.2. The van der Waals surface area contributed by atoms with Crippen LogP contribution in [0.4, 0.5) is 18.9 Å². The second-order valence-corrected chi connectivity index (χ2v) is 9.84. The minimum Gasteiger partial charge on any atom is -0.381 e. The predicted molar refractivity (Wildman–Crippen MR) is 139 cm³/mol. The molecule has 0 spiro atoms. The minimum absolute atomic E-state index is 0.0119. The quantitative estimate of drug-likeness (QED) is 0.304. The van der Waals surface area contributed by atoms with E-state index in [0.717, 1.165) is 18.2 Å². The molecule has 3 heterocycles. The van der Waals surface area contributed by atoms with Crippen LogP contribution in [0, 0.1) is 17.5 Å².